The molecule has 0 heterocycles. The Bertz CT molecular complexity index is 215. The first kappa shape index (κ1) is 13.5. The van der Waals surface area contributed by atoms with E-state index in [2.05, 4.69) is 17.7 Å². The topological polar surface area (TPSA) is 50.4 Å². The number of amides is 1. The molecule has 0 bridgehead atoms. The zero-order chi connectivity index (χ0) is 12.0. The van der Waals surface area contributed by atoms with Gasteiger partial charge >= 0.3 is 0 Å². The van der Waals surface area contributed by atoms with E-state index in [-0.39, 0.29) is 18.0 Å². The van der Waals surface area contributed by atoms with Crippen LogP contribution in [0.25, 0.3) is 0 Å². The lowest BCUT2D eigenvalue weighted by Gasteiger charge is -2.19. The predicted octanol–water partition coefficient (Wildman–Crippen LogP) is 1.75. The first-order valence-corrected chi connectivity index (χ1v) is 6.35. The van der Waals surface area contributed by atoms with Gasteiger partial charge in [-0.1, -0.05) is 19.8 Å². The highest BCUT2D eigenvalue weighted by Crippen LogP contribution is 2.19. The van der Waals surface area contributed by atoms with Gasteiger partial charge in [-0.2, -0.15) is 5.48 Å². The summed E-state index contributed by atoms with van der Waals surface area (Å²) in [5, 5.41) is 2.92. The van der Waals surface area contributed by atoms with Crippen molar-refractivity contribution in [3.63, 3.8) is 0 Å². The van der Waals surface area contributed by atoms with Gasteiger partial charge in [-0.15, -0.1) is 0 Å². The number of hydroxylamine groups is 1. The Morgan fingerprint density at radius 2 is 2.00 bits per heavy atom. The first-order valence-electron chi connectivity index (χ1n) is 6.35. The molecule has 0 aromatic rings. The second kappa shape index (κ2) is 6.86. The molecule has 0 saturated heterocycles. The van der Waals surface area contributed by atoms with E-state index in [4.69, 9.17) is 4.84 Å². The van der Waals surface area contributed by atoms with Gasteiger partial charge in [-0.05, 0) is 33.1 Å². The van der Waals surface area contributed by atoms with Crippen molar-refractivity contribution in [3.8, 4) is 0 Å². The highest BCUT2D eigenvalue weighted by Gasteiger charge is 2.19. The zero-order valence-corrected chi connectivity index (χ0v) is 10.6. The van der Waals surface area contributed by atoms with Gasteiger partial charge in [-0.25, -0.2) is 0 Å². The third-order valence-corrected chi connectivity index (χ3v) is 3.11. The summed E-state index contributed by atoms with van der Waals surface area (Å²) in [6.45, 7) is 5.88. The van der Waals surface area contributed by atoms with E-state index in [1.54, 1.807) is 0 Å². The zero-order valence-electron chi connectivity index (χ0n) is 10.6. The van der Waals surface area contributed by atoms with E-state index < -0.39 is 0 Å². The molecule has 4 heteroatoms. The van der Waals surface area contributed by atoms with Crippen molar-refractivity contribution in [3.05, 3.63) is 0 Å². The fourth-order valence-corrected chi connectivity index (χ4v) is 1.73. The molecule has 0 aliphatic heterocycles. The van der Waals surface area contributed by atoms with Crippen molar-refractivity contribution in [2.75, 3.05) is 0 Å². The molecule has 1 fully saturated rings. The van der Waals surface area contributed by atoms with Gasteiger partial charge in [0, 0.05) is 6.04 Å². The van der Waals surface area contributed by atoms with Crippen LogP contribution in [0.5, 0.6) is 0 Å². The van der Waals surface area contributed by atoms with Crippen LogP contribution in [-0.4, -0.2) is 24.1 Å². The summed E-state index contributed by atoms with van der Waals surface area (Å²) in [5.41, 5.74) is 2.84. The third-order valence-electron chi connectivity index (χ3n) is 3.11. The summed E-state index contributed by atoms with van der Waals surface area (Å²) >= 11 is 0. The molecular weight excluding hydrogens is 204 g/mol. The molecule has 0 aromatic heterocycles. The Labute approximate surface area is 98.1 Å². The van der Waals surface area contributed by atoms with Gasteiger partial charge in [0.15, 0.2) is 0 Å². The van der Waals surface area contributed by atoms with Crippen LogP contribution in [-0.2, 0) is 9.63 Å². The van der Waals surface area contributed by atoms with Crippen LogP contribution in [0, 0.1) is 0 Å². The minimum atomic E-state index is -0.283. The molecule has 2 atom stereocenters. The lowest BCUT2D eigenvalue weighted by Crippen LogP contribution is -2.46. The molecule has 1 aliphatic rings. The molecular formula is C12H24N2O2. The minimum absolute atomic E-state index is 0.00680. The number of hydrogen-bond donors (Lipinski definition) is 2. The Balaban J connectivity index is 2.17. The molecule has 1 saturated carbocycles. The van der Waals surface area contributed by atoms with Crippen LogP contribution in [0.15, 0.2) is 0 Å². The fraction of sp³-hybridized carbons (Fsp3) is 0.917. The number of rotatable bonds is 6. The van der Waals surface area contributed by atoms with Gasteiger partial charge in [0.1, 0.15) is 6.04 Å². The van der Waals surface area contributed by atoms with Gasteiger partial charge in [0.05, 0.1) is 6.10 Å². The lowest BCUT2D eigenvalue weighted by atomic mass is 10.2. The van der Waals surface area contributed by atoms with Gasteiger partial charge in [-0.3, -0.25) is 9.63 Å². The maximum Gasteiger partial charge on any atom is 0.239 e. The van der Waals surface area contributed by atoms with E-state index in [9.17, 15) is 4.79 Å². The Morgan fingerprint density at radius 1 is 1.38 bits per heavy atom. The van der Waals surface area contributed by atoms with Gasteiger partial charge in [0.2, 0.25) is 5.91 Å². The number of carbonyl (C=O) groups excluding carboxylic acids is 1. The third kappa shape index (κ3) is 4.49. The van der Waals surface area contributed by atoms with Crippen LogP contribution in [0.1, 0.15) is 52.9 Å². The molecule has 1 rings (SSSR count). The van der Waals surface area contributed by atoms with E-state index in [1.807, 2.05) is 13.8 Å². The molecule has 2 N–H and O–H groups in total. The summed E-state index contributed by atoms with van der Waals surface area (Å²) in [7, 11) is 0. The SMILES string of the molecule is CCC(C)NC(=O)C(C)NOC1CCCC1. The van der Waals surface area contributed by atoms with Crippen molar-refractivity contribution >= 4 is 5.91 Å². The molecule has 4 nitrogen and oxygen atoms in total. The molecule has 0 radical (unpaired) electrons. The van der Waals surface area contributed by atoms with E-state index in [1.165, 1.54) is 12.8 Å². The maximum atomic E-state index is 11.7. The maximum absolute atomic E-state index is 11.7. The van der Waals surface area contributed by atoms with Crippen LogP contribution < -0.4 is 10.8 Å². The summed E-state index contributed by atoms with van der Waals surface area (Å²) < 4.78 is 0. The summed E-state index contributed by atoms with van der Waals surface area (Å²) in [6, 6.07) is -0.0576. The Kier molecular flexibility index (Phi) is 5.77. The largest absolute Gasteiger partial charge is 0.352 e. The van der Waals surface area contributed by atoms with Crippen LogP contribution >= 0.6 is 0 Å². The van der Waals surface area contributed by atoms with Crippen molar-refractivity contribution in [1.29, 1.82) is 0 Å². The van der Waals surface area contributed by atoms with E-state index in [0.29, 0.717) is 6.10 Å². The average Bonchev–Trinajstić information content (AvgIpc) is 2.78. The Hall–Kier alpha value is -0.610. The standard InChI is InChI=1S/C12H24N2O2/c1-4-9(2)13-12(15)10(3)14-16-11-7-5-6-8-11/h9-11,14H,4-8H2,1-3H3,(H,13,15). The molecule has 1 aliphatic carbocycles. The van der Waals surface area contributed by atoms with Gasteiger partial charge < -0.3 is 5.32 Å². The molecule has 94 valence electrons. The van der Waals surface area contributed by atoms with Crippen molar-refractivity contribution in [2.45, 2.75) is 71.1 Å². The van der Waals surface area contributed by atoms with Crippen molar-refractivity contribution in [1.82, 2.24) is 10.8 Å². The minimum Gasteiger partial charge on any atom is -0.352 e. The number of carbonyl (C=O) groups is 1. The normalized spacial score (nSPS) is 20.7. The quantitative estimate of drug-likeness (QED) is 0.681. The highest BCUT2D eigenvalue weighted by atomic mass is 16.7. The summed E-state index contributed by atoms with van der Waals surface area (Å²) in [5.74, 6) is 0.00680. The first-order chi connectivity index (χ1) is 7.63. The monoisotopic (exact) mass is 228 g/mol. The van der Waals surface area contributed by atoms with Crippen molar-refractivity contribution < 1.29 is 9.63 Å². The Morgan fingerprint density at radius 3 is 2.56 bits per heavy atom. The molecule has 2 unspecified atom stereocenters. The summed E-state index contributed by atoms with van der Waals surface area (Å²) in [6.07, 6.45) is 5.92. The molecule has 0 aromatic carbocycles. The van der Waals surface area contributed by atoms with Crippen molar-refractivity contribution in [2.24, 2.45) is 0 Å². The predicted molar refractivity (Wildman–Crippen MR) is 63.8 cm³/mol. The second-order valence-electron chi connectivity index (χ2n) is 4.68. The second-order valence-corrected chi connectivity index (χ2v) is 4.68. The number of nitrogens with one attached hydrogen (secondary N) is 2. The van der Waals surface area contributed by atoms with Crippen LogP contribution in [0.3, 0.4) is 0 Å². The van der Waals surface area contributed by atoms with E-state index >= 15 is 0 Å². The smallest absolute Gasteiger partial charge is 0.239 e. The fourth-order valence-electron chi connectivity index (χ4n) is 1.73. The number of hydrogen-bond acceptors (Lipinski definition) is 3. The lowest BCUT2D eigenvalue weighted by molar-refractivity contribution is -0.129. The summed E-state index contributed by atoms with van der Waals surface area (Å²) in [4.78, 5) is 17.2. The van der Waals surface area contributed by atoms with Crippen LogP contribution in [0.4, 0.5) is 0 Å². The van der Waals surface area contributed by atoms with Crippen LogP contribution in [0.2, 0.25) is 0 Å². The molecule has 16 heavy (non-hydrogen) atoms. The molecule has 1 amide bonds. The van der Waals surface area contributed by atoms with E-state index in [0.717, 1.165) is 19.3 Å². The molecule has 0 spiro atoms. The highest BCUT2D eigenvalue weighted by molar-refractivity contribution is 5.81. The van der Waals surface area contributed by atoms with Gasteiger partial charge in [0.25, 0.3) is 0 Å². The average molecular weight is 228 g/mol.